The van der Waals surface area contributed by atoms with E-state index in [0.29, 0.717) is 18.3 Å². The molecule has 1 saturated carbocycles. The molecule has 0 unspecified atom stereocenters. The monoisotopic (exact) mass is 277 g/mol. The lowest BCUT2D eigenvalue weighted by Gasteiger charge is -2.06. The molecule has 108 valence electrons. The molecule has 1 aromatic rings. The quantitative estimate of drug-likeness (QED) is 0.776. The summed E-state index contributed by atoms with van der Waals surface area (Å²) in [7, 11) is 0. The summed E-state index contributed by atoms with van der Waals surface area (Å²) in [5.41, 5.74) is 0.815. The molecule has 0 radical (unpaired) electrons. The normalized spacial score (nSPS) is 16.0. The Kier molecular flexibility index (Phi) is 4.52. The van der Waals surface area contributed by atoms with Crippen LogP contribution in [0.25, 0.3) is 0 Å². The SMILES string of the molecule is Cc1oc(CNC2CC2)cc1COCCC(F)(F)F. The minimum absolute atomic E-state index is 0.162. The van der Waals surface area contributed by atoms with Crippen LogP contribution in [0.15, 0.2) is 10.5 Å². The third-order valence-electron chi connectivity index (χ3n) is 3.00. The Morgan fingerprint density at radius 3 is 2.79 bits per heavy atom. The van der Waals surface area contributed by atoms with Gasteiger partial charge in [0.15, 0.2) is 0 Å². The van der Waals surface area contributed by atoms with Gasteiger partial charge in [0.05, 0.1) is 26.2 Å². The number of hydrogen-bond donors (Lipinski definition) is 1. The van der Waals surface area contributed by atoms with E-state index in [1.165, 1.54) is 12.8 Å². The highest BCUT2D eigenvalue weighted by molar-refractivity contribution is 5.20. The first-order valence-corrected chi connectivity index (χ1v) is 6.40. The van der Waals surface area contributed by atoms with Crippen molar-refractivity contribution in [2.45, 2.75) is 51.6 Å². The van der Waals surface area contributed by atoms with Crippen LogP contribution >= 0.6 is 0 Å². The lowest BCUT2D eigenvalue weighted by atomic mass is 10.2. The van der Waals surface area contributed by atoms with Crippen LogP contribution in [-0.4, -0.2) is 18.8 Å². The van der Waals surface area contributed by atoms with Crippen molar-refractivity contribution < 1.29 is 22.3 Å². The zero-order valence-corrected chi connectivity index (χ0v) is 10.8. The van der Waals surface area contributed by atoms with E-state index in [-0.39, 0.29) is 13.2 Å². The second-order valence-electron chi connectivity index (χ2n) is 4.87. The highest BCUT2D eigenvalue weighted by Gasteiger charge is 2.26. The lowest BCUT2D eigenvalue weighted by Crippen LogP contribution is -2.14. The van der Waals surface area contributed by atoms with Crippen LogP contribution in [0.4, 0.5) is 13.2 Å². The van der Waals surface area contributed by atoms with E-state index in [1.54, 1.807) is 6.92 Å². The first-order valence-electron chi connectivity index (χ1n) is 6.40. The molecule has 0 atom stereocenters. The fourth-order valence-corrected chi connectivity index (χ4v) is 1.72. The van der Waals surface area contributed by atoms with E-state index in [0.717, 1.165) is 11.3 Å². The van der Waals surface area contributed by atoms with E-state index < -0.39 is 12.6 Å². The van der Waals surface area contributed by atoms with Crippen molar-refractivity contribution in [1.29, 1.82) is 0 Å². The van der Waals surface area contributed by atoms with Gasteiger partial charge in [0.2, 0.25) is 0 Å². The molecule has 3 nitrogen and oxygen atoms in total. The first kappa shape index (κ1) is 14.4. The maximum atomic E-state index is 11.9. The fourth-order valence-electron chi connectivity index (χ4n) is 1.72. The Bertz CT molecular complexity index is 411. The summed E-state index contributed by atoms with van der Waals surface area (Å²) < 4.78 is 46.4. The van der Waals surface area contributed by atoms with Gasteiger partial charge in [-0.25, -0.2) is 0 Å². The van der Waals surface area contributed by atoms with Gasteiger partial charge in [-0.1, -0.05) is 0 Å². The van der Waals surface area contributed by atoms with Gasteiger partial charge < -0.3 is 14.5 Å². The summed E-state index contributed by atoms with van der Waals surface area (Å²) in [5.74, 6) is 1.51. The number of furan rings is 1. The molecule has 0 amide bonds. The van der Waals surface area contributed by atoms with Gasteiger partial charge in [0, 0.05) is 11.6 Å². The molecule has 1 N–H and O–H groups in total. The van der Waals surface area contributed by atoms with Crippen LogP contribution in [0.2, 0.25) is 0 Å². The van der Waals surface area contributed by atoms with Crippen LogP contribution in [-0.2, 0) is 17.9 Å². The Morgan fingerprint density at radius 1 is 1.42 bits per heavy atom. The van der Waals surface area contributed by atoms with Crippen molar-refractivity contribution in [1.82, 2.24) is 5.32 Å². The number of rotatable bonds is 7. The average molecular weight is 277 g/mol. The minimum Gasteiger partial charge on any atom is -0.465 e. The van der Waals surface area contributed by atoms with Gasteiger partial charge in [0.1, 0.15) is 11.5 Å². The highest BCUT2D eigenvalue weighted by atomic mass is 19.4. The lowest BCUT2D eigenvalue weighted by molar-refractivity contribution is -0.146. The van der Waals surface area contributed by atoms with Crippen molar-refractivity contribution in [3.63, 3.8) is 0 Å². The van der Waals surface area contributed by atoms with Gasteiger partial charge in [0.25, 0.3) is 0 Å². The number of alkyl halides is 3. The summed E-state index contributed by atoms with van der Waals surface area (Å²) in [4.78, 5) is 0. The molecule has 1 aliphatic carbocycles. The number of hydrogen-bond acceptors (Lipinski definition) is 3. The van der Waals surface area contributed by atoms with Crippen molar-refractivity contribution in [3.8, 4) is 0 Å². The van der Waals surface area contributed by atoms with Crippen LogP contribution in [0.5, 0.6) is 0 Å². The van der Waals surface area contributed by atoms with Crippen LogP contribution < -0.4 is 5.32 Å². The molecule has 0 aromatic carbocycles. The van der Waals surface area contributed by atoms with Gasteiger partial charge in [-0.05, 0) is 25.8 Å². The molecule has 1 aromatic heterocycles. The Balaban J connectivity index is 1.73. The van der Waals surface area contributed by atoms with E-state index >= 15 is 0 Å². The van der Waals surface area contributed by atoms with Crippen LogP contribution in [0, 0.1) is 6.92 Å². The van der Waals surface area contributed by atoms with Crippen molar-refractivity contribution in [2.24, 2.45) is 0 Å². The summed E-state index contributed by atoms with van der Waals surface area (Å²) in [6.45, 7) is 2.30. The zero-order chi connectivity index (χ0) is 13.9. The molecule has 1 heterocycles. The maximum Gasteiger partial charge on any atom is 0.391 e. The summed E-state index contributed by atoms with van der Waals surface area (Å²) in [5, 5.41) is 3.32. The molecule has 19 heavy (non-hydrogen) atoms. The van der Waals surface area contributed by atoms with Crippen LogP contribution in [0.3, 0.4) is 0 Å². The predicted molar refractivity (Wildman–Crippen MR) is 63.6 cm³/mol. The Morgan fingerprint density at radius 2 is 2.16 bits per heavy atom. The maximum absolute atomic E-state index is 11.9. The average Bonchev–Trinajstić information content (AvgIpc) is 3.06. The van der Waals surface area contributed by atoms with Crippen molar-refractivity contribution >= 4 is 0 Å². The zero-order valence-electron chi connectivity index (χ0n) is 10.8. The Labute approximate surface area is 110 Å². The van der Waals surface area contributed by atoms with E-state index in [4.69, 9.17) is 9.15 Å². The van der Waals surface area contributed by atoms with Crippen LogP contribution in [0.1, 0.15) is 36.3 Å². The predicted octanol–water partition coefficient (Wildman–Crippen LogP) is 3.31. The topological polar surface area (TPSA) is 34.4 Å². The number of aryl methyl sites for hydroxylation is 1. The third kappa shape index (κ3) is 5.24. The smallest absolute Gasteiger partial charge is 0.391 e. The van der Waals surface area contributed by atoms with E-state index in [1.807, 2.05) is 6.07 Å². The van der Waals surface area contributed by atoms with Gasteiger partial charge in [-0.15, -0.1) is 0 Å². The van der Waals surface area contributed by atoms with Gasteiger partial charge in [-0.3, -0.25) is 0 Å². The molecule has 0 aliphatic heterocycles. The van der Waals surface area contributed by atoms with E-state index in [9.17, 15) is 13.2 Å². The third-order valence-corrected chi connectivity index (χ3v) is 3.00. The van der Waals surface area contributed by atoms with Crippen molar-refractivity contribution in [3.05, 3.63) is 23.2 Å². The Hall–Kier alpha value is -1.01. The molecular formula is C13H18F3NO2. The largest absolute Gasteiger partial charge is 0.465 e. The first-order chi connectivity index (χ1) is 8.94. The van der Waals surface area contributed by atoms with E-state index in [2.05, 4.69) is 5.32 Å². The number of halogens is 3. The summed E-state index contributed by atoms with van der Waals surface area (Å²) in [6.07, 6.45) is -2.68. The molecule has 1 aliphatic rings. The van der Waals surface area contributed by atoms with Gasteiger partial charge in [-0.2, -0.15) is 13.2 Å². The fraction of sp³-hybridized carbons (Fsp3) is 0.692. The molecule has 0 bridgehead atoms. The number of nitrogens with one attached hydrogen (secondary N) is 1. The highest BCUT2D eigenvalue weighted by Crippen LogP contribution is 2.22. The summed E-state index contributed by atoms with van der Waals surface area (Å²) >= 11 is 0. The molecular weight excluding hydrogens is 259 g/mol. The standard InChI is InChI=1S/C13H18F3NO2/c1-9-10(8-18-5-4-13(14,15)16)6-12(19-9)7-17-11-2-3-11/h6,11,17H,2-5,7-8H2,1H3. The molecule has 1 fully saturated rings. The molecule has 2 rings (SSSR count). The number of ether oxygens (including phenoxy) is 1. The van der Waals surface area contributed by atoms with Crippen molar-refractivity contribution in [2.75, 3.05) is 6.61 Å². The summed E-state index contributed by atoms with van der Waals surface area (Å²) in [6, 6.07) is 2.44. The van der Waals surface area contributed by atoms with Gasteiger partial charge >= 0.3 is 6.18 Å². The molecule has 0 spiro atoms. The second-order valence-corrected chi connectivity index (χ2v) is 4.87. The molecule has 0 saturated heterocycles. The second kappa shape index (κ2) is 5.96. The minimum atomic E-state index is -4.16. The molecule has 6 heteroatoms.